The van der Waals surface area contributed by atoms with Crippen molar-refractivity contribution in [1.82, 2.24) is 14.5 Å². The number of nitrogens with zero attached hydrogens (tertiary/aromatic N) is 1. The molecular weight excluding hydrogens is 530 g/mol. The number of nitrogens with one attached hydrogen (secondary N) is 2. The van der Waals surface area contributed by atoms with Crippen LogP contribution in [0.5, 0.6) is 0 Å². The van der Waals surface area contributed by atoms with Crippen LogP contribution in [0.3, 0.4) is 0 Å². The fourth-order valence-corrected chi connectivity index (χ4v) is 6.13. The second-order valence-electron chi connectivity index (χ2n) is 11.2. The summed E-state index contributed by atoms with van der Waals surface area (Å²) in [5.74, 6) is -2.97. The van der Waals surface area contributed by atoms with Crippen molar-refractivity contribution in [2.75, 3.05) is 0 Å². The maximum atomic E-state index is 16.2. The number of aromatic nitrogens is 3. The summed E-state index contributed by atoms with van der Waals surface area (Å²) in [4.78, 5) is 44.7. The Kier molecular flexibility index (Phi) is 6.00. The molecule has 2 aromatic heterocycles. The zero-order valence-corrected chi connectivity index (χ0v) is 22.6. The highest BCUT2D eigenvalue weighted by molar-refractivity contribution is 5.91. The van der Waals surface area contributed by atoms with E-state index in [1.807, 2.05) is 0 Å². The molecule has 0 aliphatic heterocycles. The number of carbonyl (C=O) groups excluding carboxylic acids is 1. The summed E-state index contributed by atoms with van der Waals surface area (Å²) >= 11 is 0. The Morgan fingerprint density at radius 1 is 1.05 bits per heavy atom. The number of nitrogens with two attached hydrogens (primary N) is 1. The van der Waals surface area contributed by atoms with Gasteiger partial charge in [-0.1, -0.05) is 24.3 Å². The number of aromatic amines is 2. The number of amides is 1. The molecular formula is C31H28F2N4O4. The molecule has 8 nitrogen and oxygen atoms in total. The van der Waals surface area contributed by atoms with Gasteiger partial charge in [-0.05, 0) is 79.8 Å². The van der Waals surface area contributed by atoms with Gasteiger partial charge in [0.05, 0.1) is 28.1 Å². The van der Waals surface area contributed by atoms with Crippen LogP contribution in [0.4, 0.5) is 8.78 Å². The summed E-state index contributed by atoms with van der Waals surface area (Å²) in [5.41, 5.74) is 6.91. The Bertz CT molecular complexity index is 2000. The van der Waals surface area contributed by atoms with E-state index in [1.165, 1.54) is 6.07 Å². The lowest BCUT2D eigenvalue weighted by atomic mass is 9.73. The fraction of sp³-hybridized carbons (Fsp3) is 0.258. The summed E-state index contributed by atoms with van der Waals surface area (Å²) in [5, 5.41) is 11.3. The van der Waals surface area contributed by atoms with Crippen LogP contribution in [-0.4, -0.2) is 31.7 Å². The van der Waals surface area contributed by atoms with E-state index in [0.29, 0.717) is 38.9 Å². The van der Waals surface area contributed by atoms with Crippen molar-refractivity contribution in [3.05, 3.63) is 109 Å². The number of hydrogen-bond donors (Lipinski definition) is 4. The van der Waals surface area contributed by atoms with E-state index in [4.69, 9.17) is 5.73 Å². The average molecular weight is 559 g/mol. The van der Waals surface area contributed by atoms with E-state index < -0.39 is 46.6 Å². The first-order valence-electron chi connectivity index (χ1n) is 13.2. The maximum Gasteiger partial charge on any atom is 0.333 e. The summed E-state index contributed by atoms with van der Waals surface area (Å²) in [6.07, 6.45) is -1.65. The second-order valence-corrected chi connectivity index (χ2v) is 11.2. The lowest BCUT2D eigenvalue weighted by Crippen LogP contribution is -2.35. The highest BCUT2D eigenvalue weighted by Gasteiger charge is 2.42. The Morgan fingerprint density at radius 2 is 1.76 bits per heavy atom. The molecule has 0 radical (unpaired) electrons. The Labute approximate surface area is 232 Å². The zero-order chi connectivity index (χ0) is 29.4. The molecule has 1 amide bonds. The molecule has 3 atom stereocenters. The molecule has 0 fully saturated rings. The van der Waals surface area contributed by atoms with Gasteiger partial charge in [0.25, 0.3) is 5.56 Å². The second kappa shape index (κ2) is 9.24. The van der Waals surface area contributed by atoms with E-state index in [1.54, 1.807) is 57.2 Å². The molecule has 5 aromatic rings. The lowest BCUT2D eigenvalue weighted by Gasteiger charge is -2.32. The van der Waals surface area contributed by atoms with Crippen molar-refractivity contribution in [2.24, 2.45) is 5.73 Å². The predicted octanol–water partition coefficient (Wildman–Crippen LogP) is 4.28. The smallest absolute Gasteiger partial charge is 0.333 e. The average Bonchev–Trinajstić information content (AvgIpc) is 3.27. The van der Waals surface area contributed by atoms with Gasteiger partial charge in [0.1, 0.15) is 12.0 Å². The number of halogens is 2. The highest BCUT2D eigenvalue weighted by Crippen LogP contribution is 2.48. The molecule has 10 heteroatoms. The number of alkyl halides is 1. The maximum absolute atomic E-state index is 16.2. The van der Waals surface area contributed by atoms with Gasteiger partial charge in [0, 0.05) is 22.5 Å². The van der Waals surface area contributed by atoms with E-state index in [2.05, 4.69) is 9.97 Å². The molecule has 3 unspecified atom stereocenters. The number of primary amides is 1. The van der Waals surface area contributed by atoms with Gasteiger partial charge < -0.3 is 20.8 Å². The third kappa shape index (κ3) is 4.17. The molecule has 1 aliphatic carbocycles. The third-order valence-corrected chi connectivity index (χ3v) is 8.18. The molecule has 41 heavy (non-hydrogen) atoms. The van der Waals surface area contributed by atoms with Gasteiger partial charge in [-0.2, -0.15) is 0 Å². The normalized spacial score (nSPS) is 19.0. The molecule has 0 saturated carbocycles. The van der Waals surface area contributed by atoms with Crippen LogP contribution >= 0.6 is 0 Å². The SMILES string of the molecule is Cc1c(C2c3c([nH]c4cc(C(C)(C)O)ccc34)C(C(N)=O)CC2F)cccc1-n1c(=O)[nH]c2cc(F)ccc2c1=O. The number of aliphatic hydroxyl groups is 1. The van der Waals surface area contributed by atoms with Crippen molar-refractivity contribution >= 4 is 27.7 Å². The van der Waals surface area contributed by atoms with E-state index in [-0.39, 0.29) is 23.0 Å². The topological polar surface area (TPSA) is 134 Å². The summed E-state index contributed by atoms with van der Waals surface area (Å²) < 4.78 is 30.9. The number of benzene rings is 3. The largest absolute Gasteiger partial charge is 0.386 e. The van der Waals surface area contributed by atoms with Crippen molar-refractivity contribution in [3.8, 4) is 5.69 Å². The van der Waals surface area contributed by atoms with E-state index >= 15 is 4.39 Å². The number of hydrogen-bond acceptors (Lipinski definition) is 4. The van der Waals surface area contributed by atoms with Crippen LogP contribution in [0.15, 0.2) is 64.2 Å². The Hall–Kier alpha value is -4.57. The molecule has 1 aliphatic rings. The van der Waals surface area contributed by atoms with Crippen LogP contribution in [0.2, 0.25) is 0 Å². The Morgan fingerprint density at radius 3 is 2.46 bits per heavy atom. The van der Waals surface area contributed by atoms with Crippen LogP contribution in [0, 0.1) is 12.7 Å². The summed E-state index contributed by atoms with van der Waals surface area (Å²) in [6, 6.07) is 13.8. The highest BCUT2D eigenvalue weighted by atomic mass is 19.1. The van der Waals surface area contributed by atoms with Crippen molar-refractivity contribution in [3.63, 3.8) is 0 Å². The van der Waals surface area contributed by atoms with Gasteiger partial charge in [-0.15, -0.1) is 0 Å². The number of carbonyl (C=O) groups is 1. The van der Waals surface area contributed by atoms with Crippen molar-refractivity contribution < 1.29 is 18.7 Å². The predicted molar refractivity (Wildman–Crippen MR) is 152 cm³/mol. The van der Waals surface area contributed by atoms with Crippen LogP contribution < -0.4 is 17.0 Å². The monoisotopic (exact) mass is 558 g/mol. The van der Waals surface area contributed by atoms with Crippen molar-refractivity contribution in [2.45, 2.75) is 50.8 Å². The number of H-pyrrole nitrogens is 2. The molecule has 0 saturated heterocycles. The van der Waals surface area contributed by atoms with Crippen LogP contribution in [-0.2, 0) is 10.4 Å². The van der Waals surface area contributed by atoms with E-state index in [0.717, 1.165) is 16.7 Å². The van der Waals surface area contributed by atoms with Gasteiger partial charge in [-0.3, -0.25) is 9.59 Å². The minimum Gasteiger partial charge on any atom is -0.386 e. The molecule has 6 rings (SSSR count). The first-order chi connectivity index (χ1) is 19.4. The minimum atomic E-state index is -1.50. The van der Waals surface area contributed by atoms with Gasteiger partial charge in [-0.25, -0.2) is 18.1 Å². The first kappa shape index (κ1) is 26.6. The zero-order valence-electron chi connectivity index (χ0n) is 22.6. The first-order valence-corrected chi connectivity index (χ1v) is 13.2. The summed E-state index contributed by atoms with van der Waals surface area (Å²) in [7, 11) is 0. The van der Waals surface area contributed by atoms with Crippen molar-refractivity contribution in [1.29, 1.82) is 0 Å². The minimum absolute atomic E-state index is 0.0764. The standard InChI is InChI=1S/C31H28F2N4O4/c1-14-17(5-4-6-24(14)37-29(39)19-10-8-16(32)12-23(19)36-30(37)40)25-21(33)13-20(28(34)38)27-26(25)18-9-7-15(31(2,3)41)11-22(18)35-27/h4-12,20-21,25,35,41H,13H2,1-3H3,(H2,34,38)(H,36,40). The molecule has 0 spiro atoms. The number of rotatable bonds is 4. The number of fused-ring (bicyclic) bond motifs is 4. The van der Waals surface area contributed by atoms with Gasteiger partial charge in [0.2, 0.25) is 5.91 Å². The molecule has 3 aromatic carbocycles. The fourth-order valence-electron chi connectivity index (χ4n) is 6.13. The quantitative estimate of drug-likeness (QED) is 0.262. The Balaban J connectivity index is 1.59. The molecule has 2 heterocycles. The molecule has 5 N–H and O–H groups in total. The van der Waals surface area contributed by atoms with Crippen LogP contribution in [0.1, 0.15) is 60.1 Å². The van der Waals surface area contributed by atoms with Gasteiger partial charge in [0.15, 0.2) is 0 Å². The van der Waals surface area contributed by atoms with Crippen LogP contribution in [0.25, 0.3) is 27.5 Å². The lowest BCUT2D eigenvalue weighted by molar-refractivity contribution is -0.120. The van der Waals surface area contributed by atoms with Gasteiger partial charge >= 0.3 is 5.69 Å². The third-order valence-electron chi connectivity index (χ3n) is 8.18. The summed E-state index contributed by atoms with van der Waals surface area (Å²) in [6.45, 7) is 5.02. The van der Waals surface area contributed by atoms with E-state index in [9.17, 15) is 23.9 Å². The molecule has 0 bridgehead atoms. The molecule has 210 valence electrons.